The molecule has 0 spiro atoms. The Kier molecular flexibility index (Phi) is 3.76. The summed E-state index contributed by atoms with van der Waals surface area (Å²) in [5.74, 6) is 0. The lowest BCUT2D eigenvalue weighted by Crippen LogP contribution is -1.86. The van der Waals surface area contributed by atoms with E-state index in [-0.39, 0.29) is 0 Å². The van der Waals surface area contributed by atoms with E-state index in [1.54, 1.807) is 0 Å². The Morgan fingerprint density at radius 2 is 1.91 bits per heavy atom. The number of benzene rings is 1. The largest absolute Gasteiger partial charge is 0.220 e. The molecule has 0 aromatic heterocycles. The average molecular weight is 165 g/mol. The molecule has 1 aromatic carbocycles. The van der Waals surface area contributed by atoms with Gasteiger partial charge < -0.3 is 0 Å². The highest BCUT2D eigenvalue weighted by Gasteiger charge is 1.89. The molecule has 58 valence electrons. The van der Waals surface area contributed by atoms with Crippen LogP contribution in [0.2, 0.25) is 0 Å². The van der Waals surface area contributed by atoms with Gasteiger partial charge in [0.1, 0.15) is 0 Å². The Hall–Kier alpha value is -0.760. The number of aryl methyl sites for hydroxylation is 1. The summed E-state index contributed by atoms with van der Waals surface area (Å²) < 4.78 is 3.63. The number of hydrogen-bond acceptors (Lipinski definition) is 2. The normalized spacial score (nSPS) is 9.45. The third kappa shape index (κ3) is 3.23. The molecule has 2 heteroatoms. The molecule has 0 N–H and O–H groups in total. The second-order valence-corrected chi connectivity index (χ2v) is 2.70. The Bertz CT molecular complexity index is 208. The second kappa shape index (κ2) is 4.97. The topological polar surface area (TPSA) is 12.4 Å². The van der Waals surface area contributed by atoms with Crippen molar-refractivity contribution in [3.05, 3.63) is 35.9 Å². The van der Waals surface area contributed by atoms with Crippen LogP contribution >= 0.6 is 0 Å². The zero-order chi connectivity index (χ0) is 7.94. The van der Waals surface area contributed by atoms with E-state index in [1.165, 1.54) is 5.56 Å². The SMILES string of the molecule is S=NCCCc1ccccc1. The fraction of sp³-hybridized carbons (Fsp3) is 0.333. The van der Waals surface area contributed by atoms with Crippen LogP contribution in [-0.4, -0.2) is 6.54 Å². The molecule has 11 heavy (non-hydrogen) atoms. The molecule has 0 aliphatic carbocycles. The molecule has 0 heterocycles. The van der Waals surface area contributed by atoms with Crippen molar-refractivity contribution in [1.82, 2.24) is 0 Å². The Morgan fingerprint density at radius 3 is 2.55 bits per heavy atom. The Morgan fingerprint density at radius 1 is 1.18 bits per heavy atom. The average Bonchev–Trinajstić information content (AvgIpc) is 2.07. The van der Waals surface area contributed by atoms with E-state index in [9.17, 15) is 0 Å². The van der Waals surface area contributed by atoms with Gasteiger partial charge in [0.15, 0.2) is 0 Å². The lowest BCUT2D eigenvalue weighted by atomic mass is 10.1. The molecule has 0 bridgehead atoms. The predicted molar refractivity (Wildman–Crippen MR) is 49.4 cm³/mol. The summed E-state index contributed by atoms with van der Waals surface area (Å²) in [5, 5.41) is 0. The molecular formula is C9H11NS. The van der Waals surface area contributed by atoms with Gasteiger partial charge in [0.25, 0.3) is 0 Å². The molecule has 0 aliphatic heterocycles. The maximum absolute atomic E-state index is 4.49. The van der Waals surface area contributed by atoms with E-state index in [0.29, 0.717) is 0 Å². The van der Waals surface area contributed by atoms with Gasteiger partial charge in [-0.25, -0.2) is 4.36 Å². The zero-order valence-corrected chi connectivity index (χ0v) is 7.18. The van der Waals surface area contributed by atoms with Crippen LogP contribution < -0.4 is 0 Å². The molecule has 1 nitrogen and oxygen atoms in total. The highest BCUT2D eigenvalue weighted by molar-refractivity contribution is 7.47. The van der Waals surface area contributed by atoms with Crippen molar-refractivity contribution < 1.29 is 0 Å². The van der Waals surface area contributed by atoms with Gasteiger partial charge in [-0.05, 0) is 18.4 Å². The molecule has 1 aromatic rings. The van der Waals surface area contributed by atoms with Gasteiger partial charge in [-0.1, -0.05) is 30.3 Å². The van der Waals surface area contributed by atoms with E-state index in [2.05, 4.69) is 41.1 Å². The van der Waals surface area contributed by atoms with Crippen molar-refractivity contribution in [3.63, 3.8) is 0 Å². The van der Waals surface area contributed by atoms with Crippen LogP contribution in [0.25, 0.3) is 0 Å². The molecule has 0 fully saturated rings. The summed E-state index contributed by atoms with van der Waals surface area (Å²) in [5.41, 5.74) is 1.37. The summed E-state index contributed by atoms with van der Waals surface area (Å²) in [4.78, 5) is 0. The van der Waals surface area contributed by atoms with Crippen LogP contribution in [-0.2, 0) is 18.8 Å². The van der Waals surface area contributed by atoms with Crippen LogP contribution in [0.4, 0.5) is 0 Å². The minimum Gasteiger partial charge on any atom is -0.220 e. The highest BCUT2D eigenvalue weighted by Crippen LogP contribution is 2.01. The molecule has 0 aliphatic rings. The monoisotopic (exact) mass is 165 g/mol. The minimum atomic E-state index is 0.796. The summed E-state index contributed by atoms with van der Waals surface area (Å²) in [6.45, 7) is 0.796. The first-order chi connectivity index (χ1) is 5.43. The van der Waals surface area contributed by atoms with Crippen molar-refractivity contribution in [2.45, 2.75) is 12.8 Å². The maximum Gasteiger partial charge on any atom is 0.0524 e. The van der Waals surface area contributed by atoms with Gasteiger partial charge in [0, 0.05) is 12.4 Å². The van der Waals surface area contributed by atoms with Crippen molar-refractivity contribution in [2.75, 3.05) is 6.54 Å². The van der Waals surface area contributed by atoms with Crippen LogP contribution in [0.15, 0.2) is 34.7 Å². The Labute approximate surface area is 72.6 Å². The van der Waals surface area contributed by atoms with E-state index >= 15 is 0 Å². The van der Waals surface area contributed by atoms with E-state index in [0.717, 1.165) is 19.4 Å². The molecule has 0 unspecified atom stereocenters. The van der Waals surface area contributed by atoms with Crippen molar-refractivity contribution in [1.29, 1.82) is 0 Å². The Balaban J connectivity index is 2.33. The fourth-order valence-electron chi connectivity index (χ4n) is 0.992. The molecule has 0 amide bonds. The molecule has 0 saturated carbocycles. The second-order valence-electron chi connectivity index (χ2n) is 2.44. The van der Waals surface area contributed by atoms with Crippen LogP contribution in [0.1, 0.15) is 12.0 Å². The quantitative estimate of drug-likeness (QED) is 0.624. The number of hydrogen-bond donors (Lipinski definition) is 0. The van der Waals surface area contributed by atoms with Gasteiger partial charge in [0.2, 0.25) is 0 Å². The van der Waals surface area contributed by atoms with Gasteiger partial charge in [0.05, 0.1) is 6.54 Å². The van der Waals surface area contributed by atoms with E-state index in [4.69, 9.17) is 0 Å². The van der Waals surface area contributed by atoms with E-state index < -0.39 is 0 Å². The number of rotatable bonds is 4. The first kappa shape index (κ1) is 8.34. The first-order valence-electron chi connectivity index (χ1n) is 3.76. The number of nitrogens with zero attached hydrogens (tertiary/aromatic N) is 1. The fourth-order valence-corrected chi connectivity index (χ4v) is 1.12. The van der Waals surface area contributed by atoms with Crippen molar-refractivity contribution >= 4 is 12.4 Å². The lowest BCUT2D eigenvalue weighted by molar-refractivity contribution is 0.842. The van der Waals surface area contributed by atoms with E-state index in [1.807, 2.05) is 6.07 Å². The molecular weight excluding hydrogens is 154 g/mol. The lowest BCUT2D eigenvalue weighted by Gasteiger charge is -1.96. The van der Waals surface area contributed by atoms with Crippen molar-refractivity contribution in [2.24, 2.45) is 4.36 Å². The molecule has 0 radical (unpaired) electrons. The van der Waals surface area contributed by atoms with Crippen LogP contribution in [0.5, 0.6) is 0 Å². The van der Waals surface area contributed by atoms with Gasteiger partial charge in [-0.3, -0.25) is 0 Å². The summed E-state index contributed by atoms with van der Waals surface area (Å²) >= 11 is 4.49. The van der Waals surface area contributed by atoms with Gasteiger partial charge in [-0.15, -0.1) is 0 Å². The third-order valence-corrected chi connectivity index (χ3v) is 1.74. The maximum atomic E-state index is 4.49. The molecule has 1 rings (SSSR count). The van der Waals surface area contributed by atoms with Crippen LogP contribution in [0.3, 0.4) is 0 Å². The highest BCUT2D eigenvalue weighted by atomic mass is 32.1. The molecule has 0 saturated heterocycles. The predicted octanol–water partition coefficient (Wildman–Crippen LogP) is 2.35. The minimum absolute atomic E-state index is 0.796. The van der Waals surface area contributed by atoms with Gasteiger partial charge in [-0.2, -0.15) is 0 Å². The van der Waals surface area contributed by atoms with Crippen LogP contribution in [0, 0.1) is 0 Å². The molecule has 0 atom stereocenters. The summed E-state index contributed by atoms with van der Waals surface area (Å²) in [7, 11) is 0. The first-order valence-corrected chi connectivity index (χ1v) is 4.13. The summed E-state index contributed by atoms with van der Waals surface area (Å²) in [6.07, 6.45) is 2.15. The van der Waals surface area contributed by atoms with Gasteiger partial charge >= 0.3 is 0 Å². The zero-order valence-electron chi connectivity index (χ0n) is 6.36. The summed E-state index contributed by atoms with van der Waals surface area (Å²) in [6, 6.07) is 10.4. The third-order valence-electron chi connectivity index (χ3n) is 1.56. The van der Waals surface area contributed by atoms with Crippen molar-refractivity contribution in [3.8, 4) is 0 Å². The standard InChI is InChI=1S/C9H11NS/c11-10-8-4-7-9-5-2-1-3-6-9/h1-3,5-6H,4,7-8H2. The smallest absolute Gasteiger partial charge is 0.0524 e.